The second kappa shape index (κ2) is 9.38. The number of carbonyl (C=O) groups is 1. The van der Waals surface area contributed by atoms with E-state index in [1.165, 1.54) is 11.1 Å². The maximum Gasteiger partial charge on any atom is 0.223 e. The Morgan fingerprint density at radius 1 is 1.23 bits per heavy atom. The summed E-state index contributed by atoms with van der Waals surface area (Å²) in [6.45, 7) is 3.14. The first-order chi connectivity index (χ1) is 12.7. The van der Waals surface area contributed by atoms with E-state index in [1.54, 1.807) is 18.4 Å². The Balaban J connectivity index is 1.40. The Labute approximate surface area is 159 Å². The van der Waals surface area contributed by atoms with Crippen molar-refractivity contribution in [2.75, 3.05) is 26.7 Å². The average molecular weight is 371 g/mol. The smallest absolute Gasteiger partial charge is 0.223 e. The lowest BCUT2D eigenvalue weighted by atomic mass is 10.1. The van der Waals surface area contributed by atoms with E-state index >= 15 is 0 Å². The van der Waals surface area contributed by atoms with E-state index in [-0.39, 0.29) is 5.91 Å². The highest BCUT2D eigenvalue weighted by Crippen LogP contribution is 2.17. The minimum Gasteiger partial charge on any atom is -0.356 e. The molecule has 1 aromatic heterocycles. The van der Waals surface area contributed by atoms with Gasteiger partial charge in [-0.15, -0.1) is 0 Å². The third kappa shape index (κ3) is 5.33. The molecule has 2 aromatic rings. The number of guanidine groups is 1. The fourth-order valence-corrected chi connectivity index (χ4v) is 3.82. The van der Waals surface area contributed by atoms with Crippen LogP contribution >= 0.6 is 11.3 Å². The summed E-state index contributed by atoms with van der Waals surface area (Å²) in [7, 11) is 1.77. The molecule has 1 saturated heterocycles. The second-order valence-electron chi connectivity index (χ2n) is 6.58. The highest BCUT2D eigenvalue weighted by Gasteiger charge is 2.29. The molecule has 1 amide bonds. The fraction of sp³-hybridized carbons (Fsp3) is 0.400. The first-order valence-corrected chi connectivity index (χ1v) is 9.96. The van der Waals surface area contributed by atoms with Gasteiger partial charge in [-0.2, -0.15) is 11.3 Å². The number of nitrogens with zero attached hydrogens (tertiary/aromatic N) is 2. The molecule has 0 saturated carbocycles. The van der Waals surface area contributed by atoms with Gasteiger partial charge in [0.2, 0.25) is 5.91 Å². The van der Waals surface area contributed by atoms with E-state index in [4.69, 9.17) is 0 Å². The van der Waals surface area contributed by atoms with Crippen LogP contribution in [0.5, 0.6) is 0 Å². The van der Waals surface area contributed by atoms with Gasteiger partial charge >= 0.3 is 0 Å². The first-order valence-electron chi connectivity index (χ1n) is 9.02. The molecule has 1 fully saturated rings. The van der Waals surface area contributed by atoms with Crippen LogP contribution in [0.4, 0.5) is 0 Å². The monoisotopic (exact) mass is 370 g/mol. The van der Waals surface area contributed by atoms with Crippen molar-refractivity contribution in [1.29, 1.82) is 0 Å². The van der Waals surface area contributed by atoms with Crippen LogP contribution in [-0.4, -0.2) is 43.4 Å². The summed E-state index contributed by atoms with van der Waals surface area (Å²) in [5.41, 5.74) is 2.53. The number of amides is 1. The van der Waals surface area contributed by atoms with E-state index in [2.05, 4.69) is 44.6 Å². The van der Waals surface area contributed by atoms with Gasteiger partial charge < -0.3 is 15.5 Å². The van der Waals surface area contributed by atoms with Gasteiger partial charge in [-0.25, -0.2) is 0 Å². The van der Waals surface area contributed by atoms with E-state index in [0.717, 1.165) is 38.6 Å². The third-order valence-electron chi connectivity index (χ3n) is 4.63. The Morgan fingerprint density at radius 2 is 2.08 bits per heavy atom. The van der Waals surface area contributed by atoms with Crippen LogP contribution < -0.4 is 10.6 Å². The maximum absolute atomic E-state index is 12.3. The molecule has 5 nitrogen and oxygen atoms in total. The zero-order valence-electron chi connectivity index (χ0n) is 15.1. The summed E-state index contributed by atoms with van der Waals surface area (Å²) in [6, 6.07) is 12.4. The second-order valence-corrected chi connectivity index (χ2v) is 7.36. The summed E-state index contributed by atoms with van der Waals surface area (Å²) in [6.07, 6.45) is 1.53. The Kier molecular flexibility index (Phi) is 6.66. The van der Waals surface area contributed by atoms with Gasteiger partial charge in [-0.1, -0.05) is 30.3 Å². The lowest BCUT2D eigenvalue weighted by Crippen LogP contribution is -2.39. The quantitative estimate of drug-likeness (QED) is 0.582. The molecule has 138 valence electrons. The van der Waals surface area contributed by atoms with Crippen molar-refractivity contribution in [3.05, 3.63) is 58.3 Å². The molecule has 1 unspecified atom stereocenters. The number of aliphatic imine (C=N–C) groups is 1. The summed E-state index contributed by atoms with van der Waals surface area (Å²) < 4.78 is 0. The SMILES string of the molecule is CN=C(NCc1ccsc1)NCC1CC(=O)N(CCc2ccccc2)C1. The number of thiophene rings is 1. The van der Waals surface area contributed by atoms with Gasteiger partial charge in [0.25, 0.3) is 0 Å². The Morgan fingerprint density at radius 3 is 2.81 bits per heavy atom. The van der Waals surface area contributed by atoms with Crippen LogP contribution in [0.3, 0.4) is 0 Å². The van der Waals surface area contributed by atoms with Gasteiger partial charge in [0.1, 0.15) is 0 Å². The molecule has 2 N–H and O–H groups in total. The summed E-state index contributed by atoms with van der Waals surface area (Å²) >= 11 is 1.69. The average Bonchev–Trinajstić information content (AvgIpc) is 3.31. The van der Waals surface area contributed by atoms with Crippen molar-refractivity contribution < 1.29 is 4.79 Å². The fourth-order valence-electron chi connectivity index (χ4n) is 3.16. The van der Waals surface area contributed by atoms with Gasteiger partial charge in [-0.3, -0.25) is 9.79 Å². The molecule has 1 aliphatic rings. The normalized spacial score (nSPS) is 17.6. The molecular formula is C20H26N4OS. The van der Waals surface area contributed by atoms with Crippen molar-refractivity contribution in [3.63, 3.8) is 0 Å². The molecule has 2 heterocycles. The summed E-state index contributed by atoms with van der Waals surface area (Å²) in [4.78, 5) is 18.5. The van der Waals surface area contributed by atoms with Crippen LogP contribution in [0.25, 0.3) is 0 Å². The van der Waals surface area contributed by atoms with Crippen LogP contribution in [0.1, 0.15) is 17.5 Å². The van der Waals surface area contributed by atoms with Crippen molar-refractivity contribution in [2.45, 2.75) is 19.4 Å². The number of carbonyl (C=O) groups excluding carboxylic acids is 1. The van der Waals surface area contributed by atoms with Crippen molar-refractivity contribution in [1.82, 2.24) is 15.5 Å². The van der Waals surface area contributed by atoms with E-state index in [9.17, 15) is 4.79 Å². The highest BCUT2D eigenvalue weighted by atomic mass is 32.1. The molecule has 26 heavy (non-hydrogen) atoms. The van der Waals surface area contributed by atoms with E-state index in [0.29, 0.717) is 12.3 Å². The van der Waals surface area contributed by atoms with Crippen LogP contribution in [0.15, 0.2) is 52.2 Å². The lowest BCUT2D eigenvalue weighted by Gasteiger charge is -2.18. The molecule has 0 radical (unpaired) electrons. The minimum absolute atomic E-state index is 0.258. The molecule has 1 aromatic carbocycles. The van der Waals surface area contributed by atoms with Crippen LogP contribution in [0, 0.1) is 5.92 Å². The van der Waals surface area contributed by atoms with Crippen LogP contribution in [0.2, 0.25) is 0 Å². The zero-order chi connectivity index (χ0) is 18.2. The number of rotatable bonds is 7. The number of hydrogen-bond acceptors (Lipinski definition) is 3. The van der Waals surface area contributed by atoms with E-state index in [1.807, 2.05) is 23.1 Å². The van der Waals surface area contributed by atoms with E-state index < -0.39 is 0 Å². The largest absolute Gasteiger partial charge is 0.356 e. The molecule has 0 aliphatic carbocycles. The van der Waals surface area contributed by atoms with Gasteiger partial charge in [0.15, 0.2) is 5.96 Å². The minimum atomic E-state index is 0.258. The highest BCUT2D eigenvalue weighted by molar-refractivity contribution is 7.07. The Bertz CT molecular complexity index is 715. The standard InChI is InChI=1S/C20H26N4OS/c1-21-20(22-12-17-8-10-26-15-17)23-13-18-11-19(25)24(14-18)9-7-16-5-3-2-4-6-16/h2-6,8,10,15,18H,7,9,11-14H2,1H3,(H2,21,22,23). The number of nitrogens with one attached hydrogen (secondary N) is 2. The van der Waals surface area contributed by atoms with Crippen molar-refractivity contribution in [2.24, 2.45) is 10.9 Å². The summed E-state index contributed by atoms with van der Waals surface area (Å²) in [5, 5.41) is 10.9. The lowest BCUT2D eigenvalue weighted by molar-refractivity contribution is -0.127. The predicted molar refractivity (Wildman–Crippen MR) is 107 cm³/mol. The summed E-state index contributed by atoms with van der Waals surface area (Å²) in [5.74, 6) is 1.37. The molecule has 1 aliphatic heterocycles. The zero-order valence-corrected chi connectivity index (χ0v) is 16.0. The van der Waals surface area contributed by atoms with Gasteiger partial charge in [-0.05, 0) is 34.4 Å². The van der Waals surface area contributed by atoms with Gasteiger partial charge in [0.05, 0.1) is 0 Å². The van der Waals surface area contributed by atoms with Crippen molar-refractivity contribution >= 4 is 23.2 Å². The molecule has 6 heteroatoms. The van der Waals surface area contributed by atoms with Crippen molar-refractivity contribution in [3.8, 4) is 0 Å². The third-order valence-corrected chi connectivity index (χ3v) is 5.36. The Hall–Kier alpha value is -2.34. The topological polar surface area (TPSA) is 56.7 Å². The predicted octanol–water partition coefficient (Wildman–Crippen LogP) is 2.50. The number of hydrogen-bond donors (Lipinski definition) is 2. The number of benzene rings is 1. The maximum atomic E-state index is 12.3. The van der Waals surface area contributed by atoms with Gasteiger partial charge in [0, 0.05) is 45.6 Å². The molecule has 3 rings (SSSR count). The molecule has 1 atom stereocenters. The molecule has 0 spiro atoms. The molecular weight excluding hydrogens is 344 g/mol. The number of likely N-dealkylation sites (tertiary alicyclic amines) is 1. The van der Waals surface area contributed by atoms with Crippen LogP contribution in [-0.2, 0) is 17.8 Å². The molecule has 0 bridgehead atoms. The first kappa shape index (κ1) is 18.5.